The molecule has 0 spiro atoms. The Morgan fingerprint density at radius 3 is 2.61 bits per heavy atom. The van der Waals surface area contributed by atoms with Gasteiger partial charge in [-0.2, -0.15) is 5.10 Å². The lowest BCUT2D eigenvalue weighted by atomic mass is 10.2. The molecule has 0 bridgehead atoms. The Balaban J connectivity index is 1.60. The van der Waals surface area contributed by atoms with Crippen molar-refractivity contribution in [3.63, 3.8) is 0 Å². The number of hydrogen-bond donors (Lipinski definition) is 1. The van der Waals surface area contributed by atoms with Gasteiger partial charge in [-0.05, 0) is 37.3 Å². The summed E-state index contributed by atoms with van der Waals surface area (Å²) in [5.74, 6) is -0.370. The summed E-state index contributed by atoms with van der Waals surface area (Å²) in [6, 6.07) is 16.4. The van der Waals surface area contributed by atoms with E-state index in [0.29, 0.717) is 35.8 Å². The van der Waals surface area contributed by atoms with Crippen LogP contribution in [0, 0.1) is 6.92 Å². The zero-order valence-electron chi connectivity index (χ0n) is 15.1. The molecule has 4 rings (SSSR count). The van der Waals surface area contributed by atoms with E-state index < -0.39 is 6.09 Å². The summed E-state index contributed by atoms with van der Waals surface area (Å²) >= 11 is 6.45. The number of carbonyl (C=O) groups excluding carboxylic acids is 2. The van der Waals surface area contributed by atoms with Gasteiger partial charge in [0, 0.05) is 11.4 Å². The molecule has 2 aromatic carbocycles. The quantitative estimate of drug-likeness (QED) is 0.722. The average molecular weight is 397 g/mol. The van der Waals surface area contributed by atoms with Crippen LogP contribution < -0.4 is 10.2 Å². The minimum absolute atomic E-state index is 0.237. The Morgan fingerprint density at radius 1 is 1.14 bits per heavy atom. The SMILES string of the molecule is Cc1nn(-c2ccccc2)c(Cl)c1C(=O)Nc1cccc(N2CCOC2=O)c1. The zero-order valence-corrected chi connectivity index (χ0v) is 15.8. The van der Waals surface area contributed by atoms with Crippen molar-refractivity contribution >= 4 is 35.0 Å². The molecule has 2 amide bonds. The van der Waals surface area contributed by atoms with Crippen molar-refractivity contribution in [2.45, 2.75) is 6.92 Å². The third-order valence-electron chi connectivity index (χ3n) is 4.41. The van der Waals surface area contributed by atoms with Gasteiger partial charge in [-0.15, -0.1) is 0 Å². The Bertz CT molecular complexity index is 1050. The highest BCUT2D eigenvalue weighted by Gasteiger charge is 2.24. The summed E-state index contributed by atoms with van der Waals surface area (Å²) < 4.78 is 6.49. The first-order valence-electron chi connectivity index (χ1n) is 8.71. The number of para-hydroxylation sites is 1. The number of rotatable bonds is 4. The van der Waals surface area contributed by atoms with Gasteiger partial charge in [0.25, 0.3) is 5.91 Å². The number of halogens is 1. The first-order chi connectivity index (χ1) is 13.5. The Labute approximate surface area is 166 Å². The second-order valence-electron chi connectivity index (χ2n) is 6.27. The molecule has 142 valence electrons. The molecule has 1 aromatic heterocycles. The molecule has 8 heteroatoms. The molecule has 3 aromatic rings. The number of nitrogens with one attached hydrogen (secondary N) is 1. The van der Waals surface area contributed by atoms with Gasteiger partial charge in [0.2, 0.25) is 0 Å². The van der Waals surface area contributed by atoms with Crippen LogP contribution >= 0.6 is 11.6 Å². The molecule has 1 saturated heterocycles. The van der Waals surface area contributed by atoms with Gasteiger partial charge in [-0.3, -0.25) is 9.69 Å². The van der Waals surface area contributed by atoms with E-state index in [0.717, 1.165) is 5.69 Å². The van der Waals surface area contributed by atoms with E-state index in [9.17, 15) is 9.59 Å². The fourth-order valence-electron chi connectivity index (χ4n) is 3.07. The molecular weight excluding hydrogens is 380 g/mol. The summed E-state index contributed by atoms with van der Waals surface area (Å²) in [4.78, 5) is 26.1. The van der Waals surface area contributed by atoms with E-state index in [-0.39, 0.29) is 11.1 Å². The van der Waals surface area contributed by atoms with Crippen LogP contribution in [-0.2, 0) is 4.74 Å². The molecule has 0 aliphatic carbocycles. The van der Waals surface area contributed by atoms with E-state index in [2.05, 4.69) is 10.4 Å². The summed E-state index contributed by atoms with van der Waals surface area (Å²) in [5.41, 5.74) is 2.79. The molecule has 1 fully saturated rings. The van der Waals surface area contributed by atoms with Crippen molar-refractivity contribution in [3.8, 4) is 5.69 Å². The van der Waals surface area contributed by atoms with Crippen LogP contribution in [0.3, 0.4) is 0 Å². The molecule has 0 unspecified atom stereocenters. The number of hydrogen-bond acceptors (Lipinski definition) is 4. The van der Waals surface area contributed by atoms with Crippen molar-refractivity contribution in [3.05, 3.63) is 71.0 Å². The first kappa shape index (κ1) is 18.1. The van der Waals surface area contributed by atoms with E-state index >= 15 is 0 Å². The van der Waals surface area contributed by atoms with Crippen LogP contribution in [0.1, 0.15) is 16.1 Å². The van der Waals surface area contributed by atoms with Gasteiger partial charge in [0.05, 0.1) is 17.9 Å². The number of aryl methyl sites for hydroxylation is 1. The van der Waals surface area contributed by atoms with Crippen molar-refractivity contribution in [2.24, 2.45) is 0 Å². The van der Waals surface area contributed by atoms with Gasteiger partial charge in [0.1, 0.15) is 17.3 Å². The Hall–Kier alpha value is -3.32. The van der Waals surface area contributed by atoms with Crippen molar-refractivity contribution in [1.29, 1.82) is 0 Å². The normalized spacial score (nSPS) is 13.5. The fraction of sp³-hybridized carbons (Fsp3) is 0.150. The molecule has 0 saturated carbocycles. The molecule has 1 aliphatic rings. The molecule has 0 radical (unpaired) electrons. The number of amides is 2. The molecule has 2 heterocycles. The second kappa shape index (κ2) is 7.36. The third-order valence-corrected chi connectivity index (χ3v) is 4.76. The van der Waals surface area contributed by atoms with Gasteiger partial charge in [-0.25, -0.2) is 9.48 Å². The second-order valence-corrected chi connectivity index (χ2v) is 6.63. The number of aromatic nitrogens is 2. The number of nitrogens with zero attached hydrogens (tertiary/aromatic N) is 3. The molecule has 0 atom stereocenters. The largest absolute Gasteiger partial charge is 0.447 e. The zero-order chi connectivity index (χ0) is 19.7. The van der Waals surface area contributed by atoms with E-state index in [1.54, 1.807) is 31.2 Å². The highest BCUT2D eigenvalue weighted by molar-refractivity contribution is 6.34. The standard InChI is InChI=1S/C20H17ClN4O3/c1-13-17(18(21)25(23-13)15-7-3-2-4-8-15)19(26)22-14-6-5-9-16(12-14)24-10-11-28-20(24)27/h2-9,12H,10-11H2,1H3,(H,22,26). The number of cyclic esters (lactones) is 1. The average Bonchev–Trinajstić information content (AvgIpc) is 3.25. The van der Waals surface area contributed by atoms with Crippen molar-refractivity contribution in [1.82, 2.24) is 9.78 Å². The minimum Gasteiger partial charge on any atom is -0.447 e. The smallest absolute Gasteiger partial charge is 0.414 e. The van der Waals surface area contributed by atoms with Crippen LogP contribution in [0.2, 0.25) is 5.15 Å². The minimum atomic E-state index is -0.397. The van der Waals surface area contributed by atoms with E-state index in [1.807, 2.05) is 30.3 Å². The highest BCUT2D eigenvalue weighted by atomic mass is 35.5. The first-order valence-corrected chi connectivity index (χ1v) is 9.08. The monoisotopic (exact) mass is 396 g/mol. The predicted molar refractivity (Wildman–Crippen MR) is 106 cm³/mol. The summed E-state index contributed by atoms with van der Waals surface area (Å²) in [5, 5.41) is 7.45. The van der Waals surface area contributed by atoms with Crippen LogP contribution in [0.4, 0.5) is 16.2 Å². The topological polar surface area (TPSA) is 76.5 Å². The lowest BCUT2D eigenvalue weighted by Crippen LogP contribution is -2.23. The molecular formula is C20H17ClN4O3. The molecule has 7 nitrogen and oxygen atoms in total. The van der Waals surface area contributed by atoms with Crippen LogP contribution in [-0.4, -0.2) is 34.9 Å². The number of carbonyl (C=O) groups is 2. The van der Waals surface area contributed by atoms with Crippen LogP contribution in [0.5, 0.6) is 0 Å². The maximum atomic E-state index is 12.8. The van der Waals surface area contributed by atoms with E-state index in [1.165, 1.54) is 9.58 Å². The molecule has 28 heavy (non-hydrogen) atoms. The maximum absolute atomic E-state index is 12.8. The van der Waals surface area contributed by atoms with Crippen LogP contribution in [0.15, 0.2) is 54.6 Å². The van der Waals surface area contributed by atoms with Crippen molar-refractivity contribution in [2.75, 3.05) is 23.4 Å². The van der Waals surface area contributed by atoms with Gasteiger partial charge in [-0.1, -0.05) is 35.9 Å². The van der Waals surface area contributed by atoms with Gasteiger partial charge < -0.3 is 10.1 Å². The Kier molecular flexibility index (Phi) is 4.75. The van der Waals surface area contributed by atoms with Gasteiger partial charge in [0.15, 0.2) is 0 Å². The summed E-state index contributed by atoms with van der Waals surface area (Å²) in [6.07, 6.45) is -0.397. The summed E-state index contributed by atoms with van der Waals surface area (Å²) in [6.45, 7) is 2.56. The van der Waals surface area contributed by atoms with Gasteiger partial charge >= 0.3 is 6.09 Å². The number of benzene rings is 2. The number of ether oxygens (including phenoxy) is 1. The summed E-state index contributed by atoms with van der Waals surface area (Å²) in [7, 11) is 0. The van der Waals surface area contributed by atoms with E-state index in [4.69, 9.17) is 16.3 Å². The number of anilines is 2. The third kappa shape index (κ3) is 3.32. The lowest BCUT2D eigenvalue weighted by Gasteiger charge is -2.14. The highest BCUT2D eigenvalue weighted by Crippen LogP contribution is 2.26. The molecule has 1 N–H and O–H groups in total. The molecule has 1 aliphatic heterocycles. The van der Waals surface area contributed by atoms with Crippen molar-refractivity contribution < 1.29 is 14.3 Å². The van der Waals surface area contributed by atoms with Crippen LogP contribution in [0.25, 0.3) is 5.69 Å². The lowest BCUT2D eigenvalue weighted by molar-refractivity contribution is 0.102. The fourth-order valence-corrected chi connectivity index (χ4v) is 3.43. The Morgan fingerprint density at radius 2 is 1.89 bits per heavy atom. The predicted octanol–water partition coefficient (Wildman–Crippen LogP) is 4.04. The maximum Gasteiger partial charge on any atom is 0.414 e.